The molecule has 4 nitrogen and oxygen atoms in total. The molecule has 1 atom stereocenters. The molecule has 1 unspecified atom stereocenters. The number of nitrogens with one attached hydrogen (secondary N) is 1. The van der Waals surface area contributed by atoms with E-state index in [9.17, 15) is 5.11 Å². The van der Waals surface area contributed by atoms with Gasteiger partial charge in [0, 0.05) is 24.7 Å². The highest BCUT2D eigenvalue weighted by molar-refractivity contribution is 9.10. The molecule has 0 saturated heterocycles. The summed E-state index contributed by atoms with van der Waals surface area (Å²) in [6, 6.07) is 8.08. The first-order chi connectivity index (χ1) is 8.72. The van der Waals surface area contributed by atoms with Crippen molar-refractivity contribution in [3.8, 4) is 0 Å². The Morgan fingerprint density at radius 2 is 2.00 bits per heavy atom. The molecule has 5 heteroatoms. The van der Waals surface area contributed by atoms with Gasteiger partial charge in [-0.05, 0) is 17.7 Å². The maximum Gasteiger partial charge on any atom is 0.0897 e. The van der Waals surface area contributed by atoms with E-state index in [4.69, 9.17) is 9.47 Å². The van der Waals surface area contributed by atoms with Crippen molar-refractivity contribution in [3.63, 3.8) is 0 Å². The van der Waals surface area contributed by atoms with Crippen molar-refractivity contribution in [3.05, 3.63) is 34.3 Å². The van der Waals surface area contributed by atoms with E-state index in [1.807, 2.05) is 24.3 Å². The first kappa shape index (κ1) is 15.6. The SMILES string of the molecule is COCCOCC(O)CNCc1ccc(Br)cc1. The van der Waals surface area contributed by atoms with Crippen LogP contribution in [0.4, 0.5) is 0 Å². The smallest absolute Gasteiger partial charge is 0.0897 e. The van der Waals surface area contributed by atoms with Crippen molar-refractivity contribution in [2.75, 3.05) is 33.5 Å². The topological polar surface area (TPSA) is 50.7 Å². The molecule has 0 aliphatic heterocycles. The van der Waals surface area contributed by atoms with Crippen molar-refractivity contribution in [2.45, 2.75) is 12.6 Å². The van der Waals surface area contributed by atoms with Crippen LogP contribution < -0.4 is 5.32 Å². The molecule has 1 aromatic carbocycles. The summed E-state index contributed by atoms with van der Waals surface area (Å²) < 4.78 is 11.1. The van der Waals surface area contributed by atoms with Crippen molar-refractivity contribution < 1.29 is 14.6 Å². The van der Waals surface area contributed by atoms with E-state index in [0.29, 0.717) is 26.4 Å². The quantitative estimate of drug-likeness (QED) is 0.679. The number of methoxy groups -OCH3 is 1. The molecule has 102 valence electrons. The summed E-state index contributed by atoms with van der Waals surface area (Å²) in [5, 5.41) is 12.8. The fraction of sp³-hybridized carbons (Fsp3) is 0.538. The molecule has 1 rings (SSSR count). The minimum atomic E-state index is -0.489. The summed E-state index contributed by atoms with van der Waals surface area (Å²) >= 11 is 3.39. The molecule has 0 aliphatic rings. The van der Waals surface area contributed by atoms with Crippen molar-refractivity contribution >= 4 is 15.9 Å². The van der Waals surface area contributed by atoms with E-state index in [1.165, 1.54) is 5.56 Å². The van der Waals surface area contributed by atoms with Gasteiger partial charge in [-0.25, -0.2) is 0 Å². The third-order valence-electron chi connectivity index (χ3n) is 2.36. The van der Waals surface area contributed by atoms with E-state index >= 15 is 0 Å². The number of aliphatic hydroxyl groups excluding tert-OH is 1. The minimum absolute atomic E-state index is 0.330. The molecule has 18 heavy (non-hydrogen) atoms. The normalized spacial score (nSPS) is 12.6. The second-order valence-electron chi connectivity index (χ2n) is 3.98. The largest absolute Gasteiger partial charge is 0.389 e. The standard InChI is InChI=1S/C13H20BrNO3/c1-17-6-7-18-10-13(16)9-15-8-11-2-4-12(14)5-3-11/h2-5,13,15-16H,6-10H2,1H3. The van der Waals surface area contributed by atoms with Gasteiger partial charge in [-0.15, -0.1) is 0 Å². The lowest BCUT2D eigenvalue weighted by atomic mass is 10.2. The monoisotopic (exact) mass is 317 g/mol. The molecule has 0 fully saturated rings. The number of halogens is 1. The van der Waals surface area contributed by atoms with Gasteiger partial charge >= 0.3 is 0 Å². The molecule has 0 spiro atoms. The fourth-order valence-electron chi connectivity index (χ4n) is 1.41. The van der Waals surface area contributed by atoms with Crippen molar-refractivity contribution in [2.24, 2.45) is 0 Å². The molecule has 0 saturated carbocycles. The molecule has 0 amide bonds. The van der Waals surface area contributed by atoms with Gasteiger partial charge in [-0.1, -0.05) is 28.1 Å². The van der Waals surface area contributed by atoms with E-state index in [-0.39, 0.29) is 0 Å². The maximum atomic E-state index is 9.63. The summed E-state index contributed by atoms with van der Waals surface area (Å²) in [5.41, 5.74) is 1.19. The summed E-state index contributed by atoms with van der Waals surface area (Å²) in [6.45, 7) is 2.65. The van der Waals surface area contributed by atoms with Crippen LogP contribution in [-0.4, -0.2) is 44.7 Å². The molecule has 2 N–H and O–H groups in total. The van der Waals surface area contributed by atoms with Gasteiger partial charge in [-0.2, -0.15) is 0 Å². The zero-order chi connectivity index (χ0) is 13.2. The summed E-state index contributed by atoms with van der Waals surface area (Å²) in [5.74, 6) is 0. The Kier molecular flexibility index (Phi) is 8.20. The fourth-order valence-corrected chi connectivity index (χ4v) is 1.67. The second-order valence-corrected chi connectivity index (χ2v) is 4.89. The van der Waals surface area contributed by atoms with Crippen LogP contribution in [0.1, 0.15) is 5.56 Å². The van der Waals surface area contributed by atoms with Gasteiger partial charge in [0.2, 0.25) is 0 Å². The predicted molar refractivity (Wildman–Crippen MR) is 74.6 cm³/mol. The van der Waals surface area contributed by atoms with Gasteiger partial charge in [0.05, 0.1) is 25.9 Å². The Morgan fingerprint density at radius 3 is 2.67 bits per heavy atom. The number of hydrogen-bond acceptors (Lipinski definition) is 4. The third-order valence-corrected chi connectivity index (χ3v) is 2.89. The summed E-state index contributed by atoms with van der Waals surface area (Å²) in [6.07, 6.45) is -0.489. The Hall–Kier alpha value is -0.460. The van der Waals surface area contributed by atoms with Gasteiger partial charge < -0.3 is 19.9 Å². The Bertz CT molecular complexity index is 319. The Morgan fingerprint density at radius 1 is 1.28 bits per heavy atom. The van der Waals surface area contributed by atoms with Gasteiger partial charge in [0.15, 0.2) is 0 Å². The molecule has 0 bridgehead atoms. The highest BCUT2D eigenvalue weighted by Gasteiger charge is 2.03. The lowest BCUT2D eigenvalue weighted by Gasteiger charge is -2.12. The van der Waals surface area contributed by atoms with Crippen LogP contribution in [0, 0.1) is 0 Å². The molecule has 0 heterocycles. The van der Waals surface area contributed by atoms with E-state index in [0.717, 1.165) is 11.0 Å². The lowest BCUT2D eigenvalue weighted by Crippen LogP contribution is -2.30. The maximum absolute atomic E-state index is 9.63. The average molecular weight is 318 g/mol. The Balaban J connectivity index is 2.07. The van der Waals surface area contributed by atoms with Crippen molar-refractivity contribution in [1.29, 1.82) is 0 Å². The first-order valence-electron chi connectivity index (χ1n) is 5.92. The van der Waals surface area contributed by atoms with Gasteiger partial charge in [-0.3, -0.25) is 0 Å². The number of rotatable bonds is 9. The first-order valence-corrected chi connectivity index (χ1v) is 6.71. The van der Waals surface area contributed by atoms with Crippen LogP contribution in [0.3, 0.4) is 0 Å². The van der Waals surface area contributed by atoms with E-state index < -0.39 is 6.10 Å². The number of ether oxygens (including phenoxy) is 2. The van der Waals surface area contributed by atoms with Gasteiger partial charge in [0.25, 0.3) is 0 Å². The number of aliphatic hydroxyl groups is 1. The van der Waals surface area contributed by atoms with E-state index in [2.05, 4.69) is 21.2 Å². The number of benzene rings is 1. The van der Waals surface area contributed by atoms with Crippen molar-refractivity contribution in [1.82, 2.24) is 5.32 Å². The number of hydrogen-bond donors (Lipinski definition) is 2. The molecule has 0 aliphatic carbocycles. The average Bonchev–Trinajstić information content (AvgIpc) is 2.37. The lowest BCUT2D eigenvalue weighted by molar-refractivity contribution is 0.0137. The highest BCUT2D eigenvalue weighted by Crippen LogP contribution is 2.10. The molecule has 1 aromatic rings. The molecule has 0 radical (unpaired) electrons. The highest BCUT2D eigenvalue weighted by atomic mass is 79.9. The summed E-state index contributed by atoms with van der Waals surface area (Å²) in [4.78, 5) is 0. The van der Waals surface area contributed by atoms with Crippen LogP contribution in [0.15, 0.2) is 28.7 Å². The van der Waals surface area contributed by atoms with Crippen LogP contribution in [0.5, 0.6) is 0 Å². The molecule has 0 aromatic heterocycles. The molecular weight excluding hydrogens is 298 g/mol. The minimum Gasteiger partial charge on any atom is -0.389 e. The zero-order valence-corrected chi connectivity index (χ0v) is 12.1. The Labute approximate surface area is 116 Å². The van der Waals surface area contributed by atoms with Crippen LogP contribution in [-0.2, 0) is 16.0 Å². The molecular formula is C13H20BrNO3. The van der Waals surface area contributed by atoms with Gasteiger partial charge in [0.1, 0.15) is 0 Å². The third kappa shape index (κ3) is 7.08. The van der Waals surface area contributed by atoms with Crippen LogP contribution in [0.25, 0.3) is 0 Å². The van der Waals surface area contributed by atoms with Crippen LogP contribution in [0.2, 0.25) is 0 Å². The zero-order valence-electron chi connectivity index (χ0n) is 10.6. The second kappa shape index (κ2) is 9.47. The van der Waals surface area contributed by atoms with E-state index in [1.54, 1.807) is 7.11 Å². The van der Waals surface area contributed by atoms with Crippen LogP contribution >= 0.6 is 15.9 Å². The predicted octanol–water partition coefficient (Wildman–Crippen LogP) is 1.56. The summed E-state index contributed by atoms with van der Waals surface area (Å²) in [7, 11) is 1.62.